The molecule has 4 heteroatoms. The number of rotatable bonds is 11. The molecule has 2 aliphatic carbocycles. The molecule has 2 aliphatic rings. The molecule has 0 bridgehead atoms. The van der Waals surface area contributed by atoms with Crippen LogP contribution in [-0.4, -0.2) is 11.7 Å². The number of Topliss-reactive ketones (excluding diaryl/α,β-unsaturated/α-hetero) is 1. The van der Waals surface area contributed by atoms with Gasteiger partial charge < -0.3 is 10.6 Å². The minimum atomic E-state index is 0.0908. The normalized spacial score (nSPS) is 20.9. The van der Waals surface area contributed by atoms with Crippen molar-refractivity contribution in [1.29, 1.82) is 0 Å². The Hall–Kier alpha value is -2.62. The Bertz CT molecular complexity index is 922. The number of nitrogens with one attached hydrogen (secondary N) is 2. The SMILES string of the molecule is C=C/C(C(C)=O)=C(CC)\C(C)=C/C.CC/C=C(\NC(=O)C1CCC(CCC)CC1)NC1=C(C)C=CCC1. The van der Waals surface area contributed by atoms with Crippen molar-refractivity contribution in [2.24, 2.45) is 11.8 Å². The van der Waals surface area contributed by atoms with Crippen LogP contribution in [0.4, 0.5) is 0 Å². The Morgan fingerprint density at radius 3 is 2.27 bits per heavy atom. The Morgan fingerprint density at radius 2 is 1.78 bits per heavy atom. The van der Waals surface area contributed by atoms with Crippen molar-refractivity contribution >= 4 is 11.7 Å². The number of ketones is 1. The summed E-state index contributed by atoms with van der Waals surface area (Å²) in [6, 6.07) is 0. The number of amides is 1. The molecule has 0 radical (unpaired) electrons. The fourth-order valence-electron chi connectivity index (χ4n) is 5.14. The van der Waals surface area contributed by atoms with Crippen LogP contribution >= 0.6 is 0 Å². The maximum atomic E-state index is 12.6. The van der Waals surface area contributed by atoms with Crippen molar-refractivity contribution in [3.8, 4) is 0 Å². The molecule has 37 heavy (non-hydrogen) atoms. The molecule has 0 aromatic carbocycles. The molecule has 0 aromatic rings. The van der Waals surface area contributed by atoms with E-state index in [1.165, 1.54) is 37.0 Å². The van der Waals surface area contributed by atoms with E-state index >= 15 is 0 Å². The molecular weight excluding hydrogens is 456 g/mol. The van der Waals surface area contributed by atoms with Crippen LogP contribution in [0.2, 0.25) is 0 Å². The van der Waals surface area contributed by atoms with Crippen LogP contribution in [0.5, 0.6) is 0 Å². The van der Waals surface area contributed by atoms with E-state index in [1.54, 1.807) is 13.0 Å². The first-order valence-corrected chi connectivity index (χ1v) is 14.4. The lowest BCUT2D eigenvalue weighted by atomic mass is 9.80. The van der Waals surface area contributed by atoms with Crippen LogP contribution in [0, 0.1) is 11.8 Å². The van der Waals surface area contributed by atoms with Crippen molar-refractivity contribution in [3.05, 3.63) is 70.8 Å². The molecular formula is C33H52N2O2. The van der Waals surface area contributed by atoms with Gasteiger partial charge in [-0.15, -0.1) is 0 Å². The molecule has 0 unspecified atom stereocenters. The lowest BCUT2D eigenvalue weighted by Gasteiger charge is -2.28. The molecule has 206 valence electrons. The van der Waals surface area contributed by atoms with Gasteiger partial charge in [0, 0.05) is 17.2 Å². The number of carbonyl (C=O) groups excluding carboxylic acids is 2. The smallest absolute Gasteiger partial charge is 0.228 e. The summed E-state index contributed by atoms with van der Waals surface area (Å²) in [6.45, 7) is 17.8. The second-order valence-corrected chi connectivity index (χ2v) is 10.2. The molecule has 2 N–H and O–H groups in total. The van der Waals surface area contributed by atoms with Gasteiger partial charge in [-0.3, -0.25) is 9.59 Å². The summed E-state index contributed by atoms with van der Waals surface area (Å²) in [5.74, 6) is 2.17. The van der Waals surface area contributed by atoms with Crippen LogP contribution in [0.15, 0.2) is 70.8 Å². The molecule has 2 rings (SSSR count). The van der Waals surface area contributed by atoms with Gasteiger partial charge >= 0.3 is 0 Å². The van der Waals surface area contributed by atoms with E-state index in [-0.39, 0.29) is 17.6 Å². The van der Waals surface area contributed by atoms with E-state index in [1.807, 2.05) is 19.9 Å². The summed E-state index contributed by atoms with van der Waals surface area (Å²) in [5.41, 5.74) is 5.50. The summed E-state index contributed by atoms with van der Waals surface area (Å²) in [6.07, 6.45) is 21.1. The maximum absolute atomic E-state index is 12.6. The number of hydrogen-bond acceptors (Lipinski definition) is 3. The molecule has 0 atom stereocenters. The number of hydrogen-bond donors (Lipinski definition) is 2. The second-order valence-electron chi connectivity index (χ2n) is 10.2. The quantitative estimate of drug-likeness (QED) is 0.217. The molecule has 0 spiro atoms. The van der Waals surface area contributed by atoms with Gasteiger partial charge in [0.15, 0.2) is 5.78 Å². The first-order valence-electron chi connectivity index (χ1n) is 14.4. The van der Waals surface area contributed by atoms with Gasteiger partial charge in [0.25, 0.3) is 0 Å². The van der Waals surface area contributed by atoms with Gasteiger partial charge in [-0.2, -0.15) is 0 Å². The average molecular weight is 509 g/mol. The third kappa shape index (κ3) is 11.1. The van der Waals surface area contributed by atoms with Gasteiger partial charge in [-0.1, -0.05) is 70.1 Å². The third-order valence-corrected chi connectivity index (χ3v) is 7.44. The topological polar surface area (TPSA) is 58.2 Å². The minimum Gasteiger partial charge on any atom is -0.345 e. The second kappa shape index (κ2) is 17.8. The van der Waals surface area contributed by atoms with Gasteiger partial charge in [0.05, 0.1) is 0 Å². The van der Waals surface area contributed by atoms with E-state index in [9.17, 15) is 9.59 Å². The number of carbonyl (C=O) groups is 2. The molecule has 0 aliphatic heterocycles. The van der Waals surface area contributed by atoms with E-state index in [0.717, 1.165) is 67.0 Å². The highest BCUT2D eigenvalue weighted by atomic mass is 16.2. The highest BCUT2D eigenvalue weighted by Crippen LogP contribution is 2.31. The van der Waals surface area contributed by atoms with Gasteiger partial charge in [-0.25, -0.2) is 0 Å². The largest absolute Gasteiger partial charge is 0.345 e. The first-order chi connectivity index (χ1) is 17.7. The zero-order chi connectivity index (χ0) is 27.8. The monoisotopic (exact) mass is 508 g/mol. The highest BCUT2D eigenvalue weighted by Gasteiger charge is 2.26. The van der Waals surface area contributed by atoms with E-state index in [4.69, 9.17) is 0 Å². The van der Waals surface area contributed by atoms with E-state index in [0.29, 0.717) is 0 Å². The molecule has 1 fully saturated rings. The molecule has 1 saturated carbocycles. The summed E-state index contributed by atoms with van der Waals surface area (Å²) in [4.78, 5) is 23.9. The molecule has 0 saturated heterocycles. The Kier molecular flexibility index (Phi) is 15.6. The number of allylic oxidation sites excluding steroid dienone is 10. The fraction of sp³-hybridized carbons (Fsp3) is 0.576. The zero-order valence-corrected chi connectivity index (χ0v) is 24.6. The molecule has 0 aromatic heterocycles. The summed E-state index contributed by atoms with van der Waals surface area (Å²) in [7, 11) is 0. The molecule has 1 amide bonds. The standard InChI is InChI=1S/C21H34N2O.C12H18O/c1-4-8-17-12-14-18(15-13-17)21(24)23-20(9-5-2)22-19-11-7-6-10-16(19)3;1-6-9(4)11(7-2)12(8-3)10(5)13/h6,9-10,17-18,22H,4-5,7-8,11-15H2,1-3H3,(H,23,24);6,8H,3,7H2,1-2,4-5H3/b20-9-;9-6-,12-11+. The van der Waals surface area contributed by atoms with Crippen LogP contribution in [0.25, 0.3) is 0 Å². The maximum Gasteiger partial charge on any atom is 0.228 e. The van der Waals surface area contributed by atoms with Crippen LogP contribution in [-0.2, 0) is 9.59 Å². The van der Waals surface area contributed by atoms with Crippen LogP contribution in [0.3, 0.4) is 0 Å². The van der Waals surface area contributed by atoms with Crippen molar-refractivity contribution in [2.75, 3.05) is 0 Å². The molecule has 4 nitrogen and oxygen atoms in total. The molecule has 0 heterocycles. The van der Waals surface area contributed by atoms with Crippen LogP contribution in [0.1, 0.15) is 113 Å². The Balaban J connectivity index is 0.000000448. The Labute approximate surface area is 227 Å². The third-order valence-electron chi connectivity index (χ3n) is 7.44. The van der Waals surface area contributed by atoms with Gasteiger partial charge in [0.2, 0.25) is 5.91 Å². The predicted octanol–water partition coefficient (Wildman–Crippen LogP) is 8.61. The summed E-state index contributed by atoms with van der Waals surface area (Å²) in [5, 5.41) is 6.62. The van der Waals surface area contributed by atoms with E-state index < -0.39 is 0 Å². The lowest BCUT2D eigenvalue weighted by molar-refractivity contribution is -0.125. The summed E-state index contributed by atoms with van der Waals surface area (Å²) >= 11 is 0. The van der Waals surface area contributed by atoms with Gasteiger partial charge in [-0.05, 0) is 102 Å². The fourth-order valence-corrected chi connectivity index (χ4v) is 5.14. The van der Waals surface area contributed by atoms with Crippen molar-refractivity contribution in [1.82, 2.24) is 10.6 Å². The van der Waals surface area contributed by atoms with E-state index in [2.05, 4.69) is 63.1 Å². The highest BCUT2D eigenvalue weighted by molar-refractivity contribution is 5.97. The van der Waals surface area contributed by atoms with Crippen molar-refractivity contribution < 1.29 is 9.59 Å². The minimum absolute atomic E-state index is 0.0908. The van der Waals surface area contributed by atoms with Crippen molar-refractivity contribution in [2.45, 2.75) is 113 Å². The Morgan fingerprint density at radius 1 is 1.11 bits per heavy atom. The van der Waals surface area contributed by atoms with Gasteiger partial charge in [0.1, 0.15) is 5.82 Å². The first kappa shape index (κ1) is 32.4. The van der Waals surface area contributed by atoms with Crippen molar-refractivity contribution in [3.63, 3.8) is 0 Å². The average Bonchev–Trinajstić information content (AvgIpc) is 2.89. The zero-order valence-electron chi connectivity index (χ0n) is 24.6. The lowest BCUT2D eigenvalue weighted by Crippen LogP contribution is -2.37. The predicted molar refractivity (Wildman–Crippen MR) is 159 cm³/mol. The van der Waals surface area contributed by atoms with Crippen LogP contribution < -0.4 is 10.6 Å². The summed E-state index contributed by atoms with van der Waals surface area (Å²) < 4.78 is 0.